The van der Waals surface area contributed by atoms with Gasteiger partial charge in [-0.15, -0.1) is 0 Å². The Morgan fingerprint density at radius 2 is 0.397 bits per heavy atom. The van der Waals surface area contributed by atoms with E-state index < -0.39 is 89.0 Å². The summed E-state index contributed by atoms with van der Waals surface area (Å²) in [7, 11) is -11.1. The molecule has 10 bridgehead atoms. The van der Waals surface area contributed by atoms with Gasteiger partial charge >= 0.3 is 46.9 Å². The highest BCUT2D eigenvalue weighted by Crippen LogP contribution is 2.44. The van der Waals surface area contributed by atoms with Gasteiger partial charge in [0.05, 0.1) is 49.8 Å². The molecule has 5 aromatic carbocycles. The molecule has 0 unspecified atom stereocenters. The first-order valence-electron chi connectivity index (χ1n) is 20.5. The van der Waals surface area contributed by atoms with Crippen molar-refractivity contribution < 1.29 is 110 Å². The zero-order valence-electron chi connectivity index (χ0n) is 39.0. The van der Waals surface area contributed by atoms with Gasteiger partial charge in [-0.05, 0) is 60.7 Å². The number of alkyl halides is 9. The Morgan fingerprint density at radius 1 is 0.274 bits per heavy atom. The van der Waals surface area contributed by atoms with Crippen LogP contribution in [0.25, 0.3) is 0 Å². The minimum atomic E-state index is -6.47. The Labute approximate surface area is 411 Å². The third-order valence-corrected chi connectivity index (χ3v) is 14.0. The standard InChI is InChI=1S/C45H41F9O16S3/c1-61-33-15-25-10-30-17-37(65-5)27(20-40(30)68-71(55,56)43(46,47)48)8-23-13-36(64-4)26(16-34(23)62-2)11-31-18-39(67-7)29(22-42(31)70-73(59,60)45(52,53)54)12-32-19-38(66-6)28(9-24(33)14-35(25)63-3)21-41(32)69-72(57,58)44(49,50)51/h13-22H,8-12H2,1-7H3. The lowest BCUT2D eigenvalue weighted by Gasteiger charge is -2.21. The summed E-state index contributed by atoms with van der Waals surface area (Å²) < 4.78 is 255. The van der Waals surface area contributed by atoms with Gasteiger partial charge in [-0.2, -0.15) is 64.8 Å². The van der Waals surface area contributed by atoms with Gasteiger partial charge in [0.15, 0.2) is 0 Å². The van der Waals surface area contributed by atoms with Crippen LogP contribution in [-0.2, 0) is 62.5 Å². The molecule has 0 saturated carbocycles. The second kappa shape index (κ2) is 20.7. The van der Waals surface area contributed by atoms with Crippen molar-refractivity contribution in [1.29, 1.82) is 0 Å². The van der Waals surface area contributed by atoms with Crippen LogP contribution in [0.5, 0.6) is 57.5 Å². The molecule has 398 valence electrons. The van der Waals surface area contributed by atoms with Crippen molar-refractivity contribution in [2.45, 2.75) is 48.6 Å². The number of benzene rings is 5. The van der Waals surface area contributed by atoms with E-state index in [2.05, 4.69) is 8.37 Å². The van der Waals surface area contributed by atoms with Crippen LogP contribution in [0, 0.1) is 0 Å². The van der Waals surface area contributed by atoms with E-state index >= 15 is 0 Å². The lowest BCUT2D eigenvalue weighted by Crippen LogP contribution is -2.28. The Kier molecular flexibility index (Phi) is 15.8. The Hall–Kier alpha value is -6.68. The SMILES string of the molecule is COc1cc2c(OC)cc1Cc1cc(OS(=O)(=O)C(F)(F)F)c(cc1OC)Cc1cc(OS(=O)(=O)C(F)(F)F)c(cc1OC)Cc1cc(OC)c(cc1OC)Cc1cc(OS(=O)(=O)C(F)(F)F)c(cc1OC)C2. The van der Waals surface area contributed by atoms with Crippen molar-refractivity contribution in [3.8, 4) is 57.5 Å². The van der Waals surface area contributed by atoms with Crippen LogP contribution >= 0.6 is 0 Å². The predicted octanol–water partition coefficient (Wildman–Crippen LogP) is 8.70. The van der Waals surface area contributed by atoms with E-state index in [0.29, 0.717) is 0 Å². The quantitative estimate of drug-likeness (QED) is 0.0605. The molecule has 73 heavy (non-hydrogen) atoms. The van der Waals surface area contributed by atoms with Crippen LogP contribution in [0.2, 0.25) is 0 Å². The van der Waals surface area contributed by atoms with Gasteiger partial charge in [0.2, 0.25) is 0 Å². The largest absolute Gasteiger partial charge is 0.534 e. The Balaban J connectivity index is 1.73. The summed E-state index contributed by atoms with van der Waals surface area (Å²) in [6.07, 6.45) is -2.42. The summed E-state index contributed by atoms with van der Waals surface area (Å²) in [5.41, 5.74) is -18.6. The van der Waals surface area contributed by atoms with Crippen molar-refractivity contribution in [2.75, 3.05) is 49.8 Å². The summed E-state index contributed by atoms with van der Waals surface area (Å²) in [6, 6.07) is 11.2. The smallest absolute Gasteiger partial charge is 0.496 e. The third kappa shape index (κ3) is 11.7. The molecular formula is C45H41F9O16S3. The number of halogens is 9. The molecule has 0 heterocycles. The Bertz CT molecular complexity index is 3220. The summed E-state index contributed by atoms with van der Waals surface area (Å²) in [4.78, 5) is 0. The number of ether oxygens (including phenoxy) is 7. The van der Waals surface area contributed by atoms with Crippen LogP contribution in [0.15, 0.2) is 60.7 Å². The normalized spacial score (nSPS) is 13.5. The second-order valence-electron chi connectivity index (χ2n) is 15.6. The van der Waals surface area contributed by atoms with Gasteiger partial charge in [-0.3, -0.25) is 0 Å². The number of rotatable bonds is 13. The van der Waals surface area contributed by atoms with E-state index in [1.807, 2.05) is 0 Å². The lowest BCUT2D eigenvalue weighted by atomic mass is 9.94. The molecule has 10 aliphatic rings. The van der Waals surface area contributed by atoms with E-state index in [-0.39, 0.29) is 103 Å². The maximum Gasteiger partial charge on any atom is 0.534 e. The van der Waals surface area contributed by atoms with E-state index in [9.17, 15) is 64.8 Å². The van der Waals surface area contributed by atoms with Gasteiger partial charge < -0.3 is 45.7 Å². The van der Waals surface area contributed by atoms with Gasteiger partial charge in [-0.1, -0.05) is 0 Å². The van der Waals surface area contributed by atoms with E-state index in [0.717, 1.165) is 44.6 Å². The predicted molar refractivity (Wildman–Crippen MR) is 239 cm³/mol. The monoisotopic (exact) mass is 1100 g/mol. The molecule has 5 aromatic rings. The molecule has 0 N–H and O–H groups in total. The van der Waals surface area contributed by atoms with Crippen molar-refractivity contribution >= 4 is 30.4 Å². The van der Waals surface area contributed by atoms with Crippen molar-refractivity contribution in [1.82, 2.24) is 0 Å². The maximum atomic E-state index is 14.0. The van der Waals surface area contributed by atoms with Gasteiger partial charge in [0, 0.05) is 87.7 Å². The van der Waals surface area contributed by atoms with E-state index in [1.165, 1.54) is 65.9 Å². The first-order valence-corrected chi connectivity index (χ1v) is 24.7. The molecule has 0 spiro atoms. The summed E-state index contributed by atoms with van der Waals surface area (Å²) >= 11 is 0. The van der Waals surface area contributed by atoms with Crippen molar-refractivity contribution in [3.63, 3.8) is 0 Å². The molecule has 0 aromatic heterocycles. The van der Waals surface area contributed by atoms with Crippen LogP contribution < -0.4 is 45.7 Å². The number of hydrogen-bond acceptors (Lipinski definition) is 16. The molecule has 0 saturated heterocycles. The van der Waals surface area contributed by atoms with Crippen molar-refractivity contribution in [3.05, 3.63) is 116 Å². The molecule has 0 atom stereocenters. The van der Waals surface area contributed by atoms with Gasteiger partial charge in [-0.25, -0.2) is 0 Å². The van der Waals surface area contributed by atoms with E-state index in [4.69, 9.17) is 37.3 Å². The van der Waals surface area contributed by atoms with Crippen LogP contribution in [0.1, 0.15) is 55.6 Å². The first kappa shape index (κ1) is 55.6. The fourth-order valence-corrected chi connectivity index (χ4v) is 9.15. The third-order valence-electron chi connectivity index (χ3n) is 11.1. The summed E-state index contributed by atoms with van der Waals surface area (Å²) in [5.74, 6) is -3.32. The highest BCUT2D eigenvalue weighted by atomic mass is 32.2. The average molecular weight is 1100 g/mol. The zero-order valence-corrected chi connectivity index (χ0v) is 41.4. The molecule has 0 amide bonds. The van der Waals surface area contributed by atoms with Crippen LogP contribution in [-0.4, -0.2) is 91.5 Å². The second-order valence-corrected chi connectivity index (χ2v) is 20.2. The zero-order chi connectivity index (χ0) is 54.2. The molecule has 28 heteroatoms. The summed E-state index contributed by atoms with van der Waals surface area (Å²) in [5, 5.41) is 0. The highest BCUT2D eigenvalue weighted by molar-refractivity contribution is 7.88. The van der Waals surface area contributed by atoms with Gasteiger partial charge in [0.1, 0.15) is 57.5 Å². The molecular weight excluding hydrogens is 1060 g/mol. The average Bonchev–Trinajstić information content (AvgIpc) is 3.29. The minimum Gasteiger partial charge on any atom is -0.496 e. The molecule has 15 rings (SSSR count). The summed E-state index contributed by atoms with van der Waals surface area (Å²) in [6.45, 7) is 0. The topological polar surface area (TPSA) is 195 Å². The maximum absolute atomic E-state index is 14.0. The Morgan fingerprint density at radius 3 is 0.521 bits per heavy atom. The number of methoxy groups -OCH3 is 7. The van der Waals surface area contributed by atoms with Gasteiger partial charge in [0.25, 0.3) is 0 Å². The minimum absolute atomic E-state index is 0.0116. The first-order chi connectivity index (χ1) is 33.9. The molecule has 16 nitrogen and oxygen atoms in total. The van der Waals surface area contributed by atoms with Crippen molar-refractivity contribution in [2.24, 2.45) is 0 Å². The lowest BCUT2D eigenvalue weighted by molar-refractivity contribution is -0.0505. The molecule has 0 radical (unpaired) electrons. The van der Waals surface area contributed by atoms with E-state index in [1.54, 1.807) is 0 Å². The number of hydrogen-bond donors (Lipinski definition) is 0. The fourth-order valence-electron chi connectivity index (χ4n) is 7.69. The highest BCUT2D eigenvalue weighted by Gasteiger charge is 2.51. The van der Waals surface area contributed by atoms with Crippen LogP contribution in [0.3, 0.4) is 0 Å². The molecule has 0 aliphatic heterocycles. The fraction of sp³-hybridized carbons (Fsp3) is 0.333. The molecule has 10 aliphatic carbocycles. The molecule has 0 fully saturated rings. The van der Waals surface area contributed by atoms with Crippen LogP contribution in [0.4, 0.5) is 39.5 Å².